The molecule has 0 radical (unpaired) electrons. The molecular formula is C25H42N4O4S. The smallest absolute Gasteiger partial charge is 0.236 e. The molecule has 8 nitrogen and oxygen atoms in total. The molecule has 2 unspecified atom stereocenters. The van der Waals surface area contributed by atoms with E-state index < -0.39 is 0 Å². The van der Waals surface area contributed by atoms with Crippen molar-refractivity contribution in [1.29, 1.82) is 0 Å². The molecule has 2 aliphatic heterocycles. The number of amides is 1. The molecule has 1 aliphatic carbocycles. The number of ether oxygens (including phenoxy) is 1. The SMILES string of the molecule is CC.NC(=O)C(CC1CCCC1)NOC1CCOC1.O=C1CCCCN(Sc2ccccn2)C1. The van der Waals surface area contributed by atoms with Gasteiger partial charge in [-0.3, -0.25) is 14.4 Å². The first kappa shape index (κ1) is 28.7. The highest BCUT2D eigenvalue weighted by Crippen LogP contribution is 2.28. The third-order valence-corrected chi connectivity index (χ3v) is 6.98. The van der Waals surface area contributed by atoms with Crippen LogP contribution >= 0.6 is 11.9 Å². The number of carbonyl (C=O) groups is 2. The first-order chi connectivity index (χ1) is 16.6. The number of nitrogens with one attached hydrogen (secondary N) is 1. The summed E-state index contributed by atoms with van der Waals surface area (Å²) in [6.07, 6.45) is 11.3. The summed E-state index contributed by atoms with van der Waals surface area (Å²) in [5.41, 5.74) is 8.22. The average Bonchev–Trinajstić information content (AvgIpc) is 3.52. The summed E-state index contributed by atoms with van der Waals surface area (Å²) in [6.45, 7) is 6.87. The van der Waals surface area contributed by atoms with E-state index in [1.807, 2.05) is 32.0 Å². The molecule has 9 heteroatoms. The Kier molecular flexibility index (Phi) is 14.4. The Morgan fingerprint density at radius 1 is 1.26 bits per heavy atom. The fraction of sp³-hybridized carbons (Fsp3) is 0.720. The van der Waals surface area contributed by atoms with Crippen molar-refractivity contribution in [3.8, 4) is 0 Å². The number of ketones is 1. The van der Waals surface area contributed by atoms with Gasteiger partial charge in [-0.15, -0.1) is 0 Å². The number of primary amides is 1. The van der Waals surface area contributed by atoms with Crippen LogP contribution < -0.4 is 11.2 Å². The number of hydrogen-bond acceptors (Lipinski definition) is 8. The van der Waals surface area contributed by atoms with Crippen molar-refractivity contribution in [2.75, 3.05) is 26.3 Å². The van der Waals surface area contributed by atoms with Crippen molar-refractivity contribution < 1.29 is 19.2 Å². The van der Waals surface area contributed by atoms with Gasteiger partial charge in [-0.1, -0.05) is 45.6 Å². The summed E-state index contributed by atoms with van der Waals surface area (Å²) >= 11 is 1.58. The highest BCUT2D eigenvalue weighted by molar-refractivity contribution is 7.97. The van der Waals surface area contributed by atoms with Crippen LogP contribution in [0.25, 0.3) is 0 Å². The van der Waals surface area contributed by atoms with Gasteiger partial charge in [-0.25, -0.2) is 9.29 Å². The van der Waals surface area contributed by atoms with E-state index in [0.717, 1.165) is 50.3 Å². The van der Waals surface area contributed by atoms with Crippen LogP contribution in [0.5, 0.6) is 0 Å². The van der Waals surface area contributed by atoms with Crippen LogP contribution in [0.1, 0.15) is 71.6 Å². The molecule has 1 amide bonds. The minimum absolute atomic E-state index is 0.0560. The first-order valence-corrected chi connectivity index (χ1v) is 13.5. The minimum Gasteiger partial charge on any atom is -0.379 e. The summed E-state index contributed by atoms with van der Waals surface area (Å²) in [4.78, 5) is 32.4. The molecule has 34 heavy (non-hydrogen) atoms. The molecule has 1 aromatic heterocycles. The molecular weight excluding hydrogens is 452 g/mol. The Morgan fingerprint density at radius 2 is 2.06 bits per heavy atom. The van der Waals surface area contributed by atoms with Gasteiger partial charge in [0, 0.05) is 32.2 Å². The zero-order valence-corrected chi connectivity index (χ0v) is 21.6. The van der Waals surface area contributed by atoms with E-state index in [9.17, 15) is 9.59 Å². The van der Waals surface area contributed by atoms with E-state index in [2.05, 4.69) is 14.8 Å². The molecule has 4 rings (SSSR count). The normalized spacial score (nSPS) is 22.2. The van der Waals surface area contributed by atoms with Gasteiger partial charge in [0.05, 0.1) is 13.2 Å². The van der Waals surface area contributed by atoms with E-state index >= 15 is 0 Å². The monoisotopic (exact) mass is 494 g/mol. The first-order valence-electron chi connectivity index (χ1n) is 12.7. The van der Waals surface area contributed by atoms with Crippen LogP contribution in [-0.4, -0.2) is 59.4 Å². The fourth-order valence-corrected chi connectivity index (χ4v) is 5.10. The van der Waals surface area contributed by atoms with Crippen molar-refractivity contribution in [1.82, 2.24) is 14.8 Å². The fourth-order valence-electron chi connectivity index (χ4n) is 4.16. The third-order valence-electron chi connectivity index (χ3n) is 5.98. The lowest BCUT2D eigenvalue weighted by Crippen LogP contribution is -2.44. The second-order valence-electron chi connectivity index (χ2n) is 8.68. The average molecular weight is 495 g/mol. The van der Waals surface area contributed by atoms with E-state index in [4.69, 9.17) is 15.3 Å². The van der Waals surface area contributed by atoms with Gasteiger partial charge in [0.25, 0.3) is 0 Å². The molecule has 3 fully saturated rings. The molecule has 1 saturated carbocycles. The second-order valence-corrected chi connectivity index (χ2v) is 9.80. The van der Waals surface area contributed by atoms with E-state index in [0.29, 0.717) is 24.9 Å². The van der Waals surface area contributed by atoms with E-state index in [1.165, 1.54) is 25.7 Å². The molecule has 0 aromatic carbocycles. The van der Waals surface area contributed by atoms with Gasteiger partial charge in [0.1, 0.15) is 23.0 Å². The molecule has 3 heterocycles. The van der Waals surface area contributed by atoms with Crippen molar-refractivity contribution in [2.45, 2.75) is 88.8 Å². The highest BCUT2D eigenvalue weighted by Gasteiger charge is 2.25. The molecule has 0 bridgehead atoms. The Labute approximate surface area is 208 Å². The summed E-state index contributed by atoms with van der Waals surface area (Å²) < 4.78 is 7.31. The van der Waals surface area contributed by atoms with Gasteiger partial charge in [-0.2, -0.15) is 5.48 Å². The van der Waals surface area contributed by atoms with E-state index in [-0.39, 0.29) is 18.1 Å². The van der Waals surface area contributed by atoms with Crippen LogP contribution in [0.4, 0.5) is 0 Å². The lowest BCUT2D eigenvalue weighted by Gasteiger charge is -2.20. The molecule has 2 saturated heterocycles. The Hall–Kier alpha value is -1.52. The van der Waals surface area contributed by atoms with Gasteiger partial charge in [-0.05, 0) is 49.3 Å². The van der Waals surface area contributed by atoms with Crippen LogP contribution in [0.3, 0.4) is 0 Å². The van der Waals surface area contributed by atoms with Crippen LogP contribution in [-0.2, 0) is 19.2 Å². The van der Waals surface area contributed by atoms with Gasteiger partial charge >= 0.3 is 0 Å². The van der Waals surface area contributed by atoms with Crippen LogP contribution in [0.2, 0.25) is 0 Å². The maximum atomic E-state index is 11.4. The van der Waals surface area contributed by atoms with Gasteiger partial charge in [0.15, 0.2) is 0 Å². The third kappa shape index (κ3) is 11.3. The van der Waals surface area contributed by atoms with Gasteiger partial charge in [0.2, 0.25) is 5.91 Å². The van der Waals surface area contributed by atoms with Crippen LogP contribution in [0, 0.1) is 5.92 Å². The number of aromatic nitrogens is 1. The lowest BCUT2D eigenvalue weighted by molar-refractivity contribution is -0.127. The Bertz CT molecular complexity index is 697. The van der Waals surface area contributed by atoms with Crippen molar-refractivity contribution in [3.63, 3.8) is 0 Å². The van der Waals surface area contributed by atoms with Gasteiger partial charge < -0.3 is 10.5 Å². The van der Waals surface area contributed by atoms with Crippen molar-refractivity contribution in [3.05, 3.63) is 24.4 Å². The molecule has 0 spiro atoms. The van der Waals surface area contributed by atoms with Crippen LogP contribution in [0.15, 0.2) is 29.4 Å². The lowest BCUT2D eigenvalue weighted by atomic mass is 9.98. The summed E-state index contributed by atoms with van der Waals surface area (Å²) in [5, 5.41) is 0.965. The zero-order chi connectivity index (χ0) is 24.6. The molecule has 3 aliphatic rings. The standard InChI is InChI=1S/C12H22N2O3.C11H14N2OS.C2H6/c13-12(15)11(7-9-3-1-2-4-9)14-17-10-5-6-16-8-10;14-10-5-2-4-8-13(9-10)15-11-6-1-3-7-12-11;1-2/h9-11,14H,1-8H2,(H2,13,15);1,3,6-7H,2,4-5,8-9H2;1-2H3. The maximum absolute atomic E-state index is 11.4. The molecule has 1 aromatic rings. The minimum atomic E-state index is -0.362. The highest BCUT2D eigenvalue weighted by atomic mass is 32.2. The number of hydroxylamine groups is 1. The quantitative estimate of drug-likeness (QED) is 0.414. The zero-order valence-electron chi connectivity index (χ0n) is 20.7. The number of nitrogens with zero attached hydrogens (tertiary/aromatic N) is 2. The largest absolute Gasteiger partial charge is 0.379 e. The number of nitrogens with two attached hydrogens (primary N) is 1. The number of Topliss-reactive ketones (excluding diaryl/α,β-unsaturated/α-hetero) is 1. The maximum Gasteiger partial charge on any atom is 0.236 e. The number of hydrogen-bond donors (Lipinski definition) is 2. The molecule has 2 atom stereocenters. The van der Waals surface area contributed by atoms with Crippen molar-refractivity contribution >= 4 is 23.6 Å². The topological polar surface area (TPSA) is 107 Å². The van der Waals surface area contributed by atoms with E-state index in [1.54, 1.807) is 18.1 Å². The number of pyridine rings is 1. The Morgan fingerprint density at radius 3 is 2.71 bits per heavy atom. The second kappa shape index (κ2) is 17.0. The predicted molar refractivity (Wildman–Crippen MR) is 135 cm³/mol. The molecule has 3 N–H and O–H groups in total. The Balaban J connectivity index is 0.000000225. The van der Waals surface area contributed by atoms with Crippen molar-refractivity contribution in [2.24, 2.45) is 11.7 Å². The summed E-state index contributed by atoms with van der Waals surface area (Å²) in [5.74, 6) is 0.634. The summed E-state index contributed by atoms with van der Waals surface area (Å²) in [6, 6.07) is 5.48. The number of carbonyl (C=O) groups excluding carboxylic acids is 2. The predicted octanol–water partition coefficient (Wildman–Crippen LogP) is 3.90. The number of rotatable bonds is 8. The summed E-state index contributed by atoms with van der Waals surface area (Å²) in [7, 11) is 0. The molecule has 192 valence electrons.